The van der Waals surface area contributed by atoms with Crippen LogP contribution in [0.15, 0.2) is 71.8 Å². The van der Waals surface area contributed by atoms with Crippen molar-refractivity contribution in [3.05, 3.63) is 104 Å². The number of fused-ring (bicyclic) bond motifs is 1. The highest BCUT2D eigenvalue weighted by molar-refractivity contribution is 7.15. The van der Waals surface area contributed by atoms with Crippen LogP contribution in [0.5, 0.6) is 5.88 Å². The molecule has 3 aromatic heterocycles. The molecule has 3 heterocycles. The monoisotopic (exact) mass is 545 g/mol. The van der Waals surface area contributed by atoms with Gasteiger partial charge in [0.05, 0.1) is 22.5 Å². The quantitative estimate of drug-likeness (QED) is 0.218. The van der Waals surface area contributed by atoms with Gasteiger partial charge in [0, 0.05) is 17.3 Å². The highest BCUT2D eigenvalue weighted by atomic mass is 35.5. The summed E-state index contributed by atoms with van der Waals surface area (Å²) in [6, 6.07) is 11.2. The van der Waals surface area contributed by atoms with Crippen molar-refractivity contribution in [1.82, 2.24) is 9.38 Å². The maximum atomic E-state index is 14.6. The molecule has 5 rings (SSSR count). The zero-order valence-electron chi connectivity index (χ0n) is 19.0. The molecule has 5 aromatic rings. The third-order valence-corrected chi connectivity index (χ3v) is 7.00. The number of hydrogen-bond acceptors (Lipinski definition) is 4. The van der Waals surface area contributed by atoms with E-state index >= 15 is 0 Å². The summed E-state index contributed by atoms with van der Waals surface area (Å²) < 4.78 is 57.4. The maximum absolute atomic E-state index is 14.6. The van der Waals surface area contributed by atoms with E-state index in [0.29, 0.717) is 32.7 Å². The molecule has 0 atom stereocenters. The Hall–Kier alpha value is -3.76. The number of alkyl halides is 3. The Labute approximate surface area is 216 Å². The van der Waals surface area contributed by atoms with Crippen molar-refractivity contribution in [3.8, 4) is 28.1 Å². The van der Waals surface area contributed by atoms with Crippen LogP contribution >= 0.6 is 22.9 Å². The third kappa shape index (κ3) is 4.58. The number of aryl methyl sites for hydroxylation is 1. The van der Waals surface area contributed by atoms with Crippen LogP contribution in [0.2, 0.25) is 4.47 Å². The van der Waals surface area contributed by atoms with Gasteiger partial charge in [-0.3, -0.25) is 0 Å². The molecule has 0 unspecified atom stereocenters. The second kappa shape index (κ2) is 9.28. The van der Waals surface area contributed by atoms with Gasteiger partial charge < -0.3 is 5.11 Å². The molecule has 37 heavy (non-hydrogen) atoms. The van der Waals surface area contributed by atoms with Gasteiger partial charge in [-0.05, 0) is 54.4 Å². The first-order valence-corrected chi connectivity index (χ1v) is 12.1. The molecule has 0 saturated heterocycles. The minimum atomic E-state index is -4.66. The lowest BCUT2D eigenvalue weighted by Crippen LogP contribution is -2.44. The van der Waals surface area contributed by atoms with Gasteiger partial charge in [0.2, 0.25) is 0 Å². The van der Waals surface area contributed by atoms with Crippen LogP contribution in [0.3, 0.4) is 0 Å². The van der Waals surface area contributed by atoms with Crippen LogP contribution in [0.4, 0.5) is 17.6 Å². The standard InChI is InChI=1S/C26H16ClF4N3O2S/c1-14-4-3-9-33-22(14)34(13-18-12-32-25(27)37-18)24(36)21(23(33)35)16-6-2-5-15(10-16)19-11-17(26(29,30)31)7-8-20(19)28/h2-12H,13H2,1H3. The van der Waals surface area contributed by atoms with Gasteiger partial charge in [0.25, 0.3) is 5.65 Å². The number of aromatic nitrogens is 3. The molecule has 0 bridgehead atoms. The number of pyridine rings is 1. The van der Waals surface area contributed by atoms with Gasteiger partial charge in [-0.15, -0.1) is 11.3 Å². The molecular formula is C26H16ClF4N3O2S. The van der Waals surface area contributed by atoms with E-state index in [0.717, 1.165) is 6.07 Å². The van der Waals surface area contributed by atoms with Crippen LogP contribution in [-0.4, -0.2) is 9.38 Å². The summed E-state index contributed by atoms with van der Waals surface area (Å²) in [7, 11) is 0. The fraction of sp³-hybridized carbons (Fsp3) is 0.115. The summed E-state index contributed by atoms with van der Waals surface area (Å²) in [5.74, 6) is -1.47. The second-order valence-corrected chi connectivity index (χ2v) is 10.0. The Kier molecular flexibility index (Phi) is 6.25. The number of hydrogen-bond donors (Lipinski definition) is 0. The molecule has 0 amide bonds. The molecule has 0 spiro atoms. The highest BCUT2D eigenvalue weighted by Crippen LogP contribution is 2.35. The molecule has 188 valence electrons. The second-order valence-electron chi connectivity index (χ2n) is 8.31. The van der Waals surface area contributed by atoms with Crippen molar-refractivity contribution < 1.29 is 27.2 Å². The van der Waals surface area contributed by atoms with Crippen LogP contribution < -0.4 is 15.2 Å². The van der Waals surface area contributed by atoms with Gasteiger partial charge in [-0.25, -0.2) is 18.7 Å². The predicted octanol–water partition coefficient (Wildman–Crippen LogP) is 5.62. The molecule has 0 aliphatic rings. The molecule has 0 aliphatic heterocycles. The van der Waals surface area contributed by atoms with Gasteiger partial charge in [0.1, 0.15) is 17.9 Å². The van der Waals surface area contributed by atoms with E-state index in [1.807, 2.05) is 0 Å². The molecular weight excluding hydrogens is 530 g/mol. The van der Waals surface area contributed by atoms with Gasteiger partial charge >= 0.3 is 11.7 Å². The first-order valence-electron chi connectivity index (χ1n) is 10.9. The van der Waals surface area contributed by atoms with Gasteiger partial charge in [-0.1, -0.05) is 29.8 Å². The highest BCUT2D eigenvalue weighted by Gasteiger charge is 2.31. The zero-order chi connectivity index (χ0) is 26.5. The summed E-state index contributed by atoms with van der Waals surface area (Å²) in [6.07, 6.45) is -1.60. The Morgan fingerprint density at radius 1 is 1.11 bits per heavy atom. The topological polar surface area (TPSA) is 61.3 Å². The Bertz CT molecular complexity index is 1730. The van der Waals surface area contributed by atoms with Crippen molar-refractivity contribution in [2.24, 2.45) is 0 Å². The van der Waals surface area contributed by atoms with Crippen molar-refractivity contribution in [3.63, 3.8) is 0 Å². The van der Waals surface area contributed by atoms with E-state index in [1.165, 1.54) is 57.0 Å². The average molecular weight is 546 g/mol. The van der Waals surface area contributed by atoms with Crippen LogP contribution in [0.25, 0.3) is 27.9 Å². The lowest BCUT2D eigenvalue weighted by molar-refractivity contribution is -0.707. The normalized spacial score (nSPS) is 11.8. The number of benzene rings is 2. The van der Waals surface area contributed by atoms with Crippen LogP contribution in [0, 0.1) is 12.7 Å². The van der Waals surface area contributed by atoms with E-state index < -0.39 is 29.0 Å². The van der Waals surface area contributed by atoms with Crippen molar-refractivity contribution >= 4 is 28.6 Å². The molecule has 0 aliphatic carbocycles. The first kappa shape index (κ1) is 24.9. The minimum Gasteiger partial charge on any atom is -0.842 e. The smallest absolute Gasteiger partial charge is 0.416 e. The van der Waals surface area contributed by atoms with E-state index in [2.05, 4.69) is 4.98 Å². The number of thiazole rings is 1. The van der Waals surface area contributed by atoms with E-state index in [4.69, 9.17) is 11.6 Å². The first-order chi connectivity index (χ1) is 17.5. The Balaban J connectivity index is 1.74. The molecule has 0 fully saturated rings. The van der Waals surface area contributed by atoms with Crippen LogP contribution in [0.1, 0.15) is 16.0 Å². The van der Waals surface area contributed by atoms with Crippen molar-refractivity contribution in [1.29, 1.82) is 0 Å². The third-order valence-electron chi connectivity index (χ3n) is 5.90. The molecule has 2 aromatic carbocycles. The number of nitrogens with zero attached hydrogens (tertiary/aromatic N) is 3. The fourth-order valence-corrected chi connectivity index (χ4v) is 5.20. The fourth-order valence-electron chi connectivity index (χ4n) is 4.23. The summed E-state index contributed by atoms with van der Waals surface area (Å²) in [6.45, 7) is 1.86. The number of rotatable bonds is 4. The Morgan fingerprint density at radius 2 is 1.86 bits per heavy atom. The maximum Gasteiger partial charge on any atom is 0.416 e. The van der Waals surface area contributed by atoms with Crippen molar-refractivity contribution in [2.75, 3.05) is 0 Å². The molecule has 5 nitrogen and oxygen atoms in total. The lowest BCUT2D eigenvalue weighted by atomic mass is 9.98. The van der Waals surface area contributed by atoms with Crippen molar-refractivity contribution in [2.45, 2.75) is 19.6 Å². The molecule has 0 radical (unpaired) electrons. The van der Waals surface area contributed by atoms with E-state index in [-0.39, 0.29) is 28.8 Å². The SMILES string of the molecule is Cc1cccn2c(=O)c(-c3cccc(-c4cc(C(F)(F)F)ccc4F)c3)c([O-])[n+](Cc3cnc(Cl)s3)c12. The summed E-state index contributed by atoms with van der Waals surface area (Å²) in [4.78, 5) is 18.2. The summed E-state index contributed by atoms with van der Waals surface area (Å²) in [5.41, 5.74) is -0.818. The zero-order valence-corrected chi connectivity index (χ0v) is 20.6. The van der Waals surface area contributed by atoms with Gasteiger partial charge in [0.15, 0.2) is 4.47 Å². The molecule has 11 heteroatoms. The summed E-state index contributed by atoms with van der Waals surface area (Å²) in [5, 5.41) is 13.7. The summed E-state index contributed by atoms with van der Waals surface area (Å²) >= 11 is 7.15. The number of halogens is 5. The van der Waals surface area contributed by atoms with E-state index in [1.54, 1.807) is 19.1 Å². The predicted molar refractivity (Wildman–Crippen MR) is 130 cm³/mol. The van der Waals surface area contributed by atoms with Gasteiger partial charge in [-0.2, -0.15) is 17.6 Å². The molecule has 0 saturated carbocycles. The average Bonchev–Trinajstić information content (AvgIpc) is 3.26. The largest absolute Gasteiger partial charge is 0.842 e. The van der Waals surface area contributed by atoms with E-state index in [9.17, 15) is 27.5 Å². The minimum absolute atomic E-state index is 0.0901. The lowest BCUT2D eigenvalue weighted by Gasteiger charge is -2.18. The Morgan fingerprint density at radius 3 is 2.57 bits per heavy atom. The molecule has 0 N–H and O–H groups in total. The van der Waals surface area contributed by atoms with Crippen LogP contribution in [-0.2, 0) is 12.7 Å².